The Morgan fingerprint density at radius 3 is 2.65 bits per heavy atom. The topological polar surface area (TPSA) is 55.1 Å². The fourth-order valence-electron chi connectivity index (χ4n) is 3.17. The molecule has 1 aromatic rings. The largest absolute Gasteiger partial charge is 0.373 e. The third kappa shape index (κ3) is 3.41. The predicted molar refractivity (Wildman–Crippen MR) is 83.4 cm³/mol. The lowest BCUT2D eigenvalue weighted by Gasteiger charge is -2.32. The summed E-state index contributed by atoms with van der Waals surface area (Å²) in [4.78, 5) is 11.9. The van der Waals surface area contributed by atoms with Crippen molar-refractivity contribution in [3.8, 4) is 0 Å². The number of allylic oxidation sites excluding steroid dienone is 2. The number of benzene rings is 1. The van der Waals surface area contributed by atoms with E-state index in [2.05, 4.69) is 25.2 Å². The van der Waals surface area contributed by atoms with Gasteiger partial charge in [0.2, 0.25) is 5.91 Å². The molecule has 3 heteroatoms. The van der Waals surface area contributed by atoms with Crippen LogP contribution >= 0.6 is 0 Å². The smallest absolute Gasteiger partial charge is 0.240 e. The highest BCUT2D eigenvalue weighted by atomic mass is 16.1. The van der Waals surface area contributed by atoms with E-state index in [9.17, 15) is 4.79 Å². The van der Waals surface area contributed by atoms with E-state index in [-0.39, 0.29) is 17.9 Å². The number of aryl methyl sites for hydroxylation is 1. The van der Waals surface area contributed by atoms with Crippen LogP contribution in [-0.2, 0) is 4.79 Å². The first-order chi connectivity index (χ1) is 9.47. The van der Waals surface area contributed by atoms with Crippen molar-refractivity contribution in [1.82, 2.24) is 0 Å². The standard InChI is InChI=1S/C17H24N2O/c1-11-8-12(2)10-14(9-11)16(17(18)20)19-15-7-5-4-6-13(15)3/h4-8,11,14,16,19H,9-10H2,1-3H3,(H2,18,20). The summed E-state index contributed by atoms with van der Waals surface area (Å²) in [6.45, 7) is 6.37. The molecule has 0 fully saturated rings. The van der Waals surface area contributed by atoms with E-state index < -0.39 is 0 Å². The zero-order valence-electron chi connectivity index (χ0n) is 12.5. The van der Waals surface area contributed by atoms with Gasteiger partial charge in [-0.3, -0.25) is 4.79 Å². The van der Waals surface area contributed by atoms with Crippen molar-refractivity contribution in [2.24, 2.45) is 17.6 Å². The monoisotopic (exact) mass is 272 g/mol. The molecule has 1 aliphatic carbocycles. The molecule has 108 valence electrons. The van der Waals surface area contributed by atoms with Gasteiger partial charge in [0.15, 0.2) is 0 Å². The Hall–Kier alpha value is -1.77. The molecule has 1 aromatic carbocycles. The van der Waals surface area contributed by atoms with E-state index in [4.69, 9.17) is 5.73 Å². The minimum atomic E-state index is -0.304. The minimum Gasteiger partial charge on any atom is -0.373 e. The first kappa shape index (κ1) is 14.6. The second-order valence-corrected chi connectivity index (χ2v) is 6.03. The number of nitrogens with two attached hydrogens (primary N) is 1. The molecule has 0 radical (unpaired) electrons. The average Bonchev–Trinajstić information content (AvgIpc) is 2.36. The molecule has 3 atom stereocenters. The van der Waals surface area contributed by atoms with Gasteiger partial charge in [-0.1, -0.05) is 36.8 Å². The predicted octanol–water partition coefficient (Wildman–Crippen LogP) is 3.25. The van der Waals surface area contributed by atoms with Gasteiger partial charge in [0.1, 0.15) is 6.04 Å². The Balaban J connectivity index is 2.18. The molecule has 20 heavy (non-hydrogen) atoms. The van der Waals surface area contributed by atoms with Crippen LogP contribution in [0, 0.1) is 18.8 Å². The summed E-state index contributed by atoms with van der Waals surface area (Å²) >= 11 is 0. The second-order valence-electron chi connectivity index (χ2n) is 6.03. The van der Waals surface area contributed by atoms with Crippen molar-refractivity contribution in [2.75, 3.05) is 5.32 Å². The van der Waals surface area contributed by atoms with Gasteiger partial charge in [-0.2, -0.15) is 0 Å². The maximum absolute atomic E-state index is 11.9. The van der Waals surface area contributed by atoms with Crippen molar-refractivity contribution in [2.45, 2.75) is 39.7 Å². The van der Waals surface area contributed by atoms with Crippen LogP contribution in [0.15, 0.2) is 35.9 Å². The highest BCUT2D eigenvalue weighted by molar-refractivity contribution is 5.83. The molecule has 0 aliphatic heterocycles. The van der Waals surface area contributed by atoms with Crippen LogP contribution < -0.4 is 11.1 Å². The van der Waals surface area contributed by atoms with Gasteiger partial charge in [0, 0.05) is 5.69 Å². The van der Waals surface area contributed by atoms with Crippen molar-refractivity contribution < 1.29 is 4.79 Å². The molecule has 3 unspecified atom stereocenters. The third-order valence-electron chi connectivity index (χ3n) is 4.06. The zero-order valence-corrected chi connectivity index (χ0v) is 12.5. The Bertz CT molecular complexity index is 521. The summed E-state index contributed by atoms with van der Waals surface area (Å²) in [5.74, 6) is 0.515. The van der Waals surface area contributed by atoms with E-state index in [1.54, 1.807) is 0 Å². The van der Waals surface area contributed by atoms with E-state index in [0.717, 1.165) is 24.1 Å². The molecule has 0 bridgehead atoms. The number of carbonyl (C=O) groups is 1. The van der Waals surface area contributed by atoms with Crippen LogP contribution in [0.5, 0.6) is 0 Å². The molecule has 1 amide bonds. The number of carbonyl (C=O) groups excluding carboxylic acids is 1. The average molecular weight is 272 g/mol. The highest BCUT2D eigenvalue weighted by Crippen LogP contribution is 2.31. The van der Waals surface area contributed by atoms with Crippen molar-refractivity contribution in [1.29, 1.82) is 0 Å². The molecule has 3 nitrogen and oxygen atoms in total. The zero-order chi connectivity index (χ0) is 14.7. The van der Waals surface area contributed by atoms with E-state index in [1.807, 2.05) is 31.2 Å². The van der Waals surface area contributed by atoms with E-state index >= 15 is 0 Å². The van der Waals surface area contributed by atoms with Crippen LogP contribution in [0.2, 0.25) is 0 Å². The lowest BCUT2D eigenvalue weighted by Crippen LogP contribution is -2.43. The Morgan fingerprint density at radius 1 is 1.35 bits per heavy atom. The SMILES string of the molecule is CC1=CC(C)CC(C(Nc2ccccc2C)C(N)=O)C1. The van der Waals surface area contributed by atoms with Gasteiger partial charge in [0.05, 0.1) is 0 Å². The number of rotatable bonds is 4. The third-order valence-corrected chi connectivity index (χ3v) is 4.06. The summed E-state index contributed by atoms with van der Waals surface area (Å²) in [6.07, 6.45) is 4.24. The highest BCUT2D eigenvalue weighted by Gasteiger charge is 2.30. The van der Waals surface area contributed by atoms with Gasteiger partial charge >= 0.3 is 0 Å². The van der Waals surface area contributed by atoms with Gasteiger partial charge < -0.3 is 11.1 Å². The Labute approximate surface area is 121 Å². The molecule has 0 aromatic heterocycles. The minimum absolute atomic E-state index is 0.264. The lowest BCUT2D eigenvalue weighted by atomic mass is 9.79. The maximum atomic E-state index is 11.9. The summed E-state index contributed by atoms with van der Waals surface area (Å²) < 4.78 is 0. The summed E-state index contributed by atoms with van der Waals surface area (Å²) in [6, 6.07) is 7.70. The summed E-state index contributed by atoms with van der Waals surface area (Å²) in [5.41, 5.74) is 9.12. The molecule has 3 N–H and O–H groups in total. The van der Waals surface area contributed by atoms with Gasteiger partial charge in [-0.05, 0) is 50.2 Å². The first-order valence-electron chi connectivity index (χ1n) is 7.26. The number of hydrogen-bond donors (Lipinski definition) is 2. The van der Waals surface area contributed by atoms with Crippen molar-refractivity contribution in [3.05, 3.63) is 41.5 Å². The maximum Gasteiger partial charge on any atom is 0.240 e. The normalized spacial score (nSPS) is 23.9. The molecule has 2 rings (SSSR count). The van der Waals surface area contributed by atoms with Crippen LogP contribution in [-0.4, -0.2) is 11.9 Å². The molecular weight excluding hydrogens is 248 g/mol. The first-order valence-corrected chi connectivity index (χ1v) is 7.26. The Morgan fingerprint density at radius 2 is 2.05 bits per heavy atom. The van der Waals surface area contributed by atoms with E-state index in [0.29, 0.717) is 5.92 Å². The van der Waals surface area contributed by atoms with E-state index in [1.165, 1.54) is 5.57 Å². The van der Waals surface area contributed by atoms with Crippen LogP contribution in [0.4, 0.5) is 5.69 Å². The van der Waals surface area contributed by atoms with Crippen molar-refractivity contribution in [3.63, 3.8) is 0 Å². The van der Waals surface area contributed by atoms with Crippen LogP contribution in [0.1, 0.15) is 32.3 Å². The Kier molecular flexibility index (Phi) is 4.48. The second kappa shape index (κ2) is 6.12. The number of amides is 1. The number of hydrogen-bond acceptors (Lipinski definition) is 2. The number of para-hydroxylation sites is 1. The molecule has 0 saturated carbocycles. The molecular formula is C17H24N2O. The van der Waals surface area contributed by atoms with Crippen molar-refractivity contribution >= 4 is 11.6 Å². The molecule has 0 spiro atoms. The number of nitrogens with one attached hydrogen (secondary N) is 1. The quantitative estimate of drug-likeness (QED) is 0.827. The summed E-state index contributed by atoms with van der Waals surface area (Å²) in [7, 11) is 0. The van der Waals surface area contributed by atoms with Crippen LogP contribution in [0.3, 0.4) is 0 Å². The fraction of sp³-hybridized carbons (Fsp3) is 0.471. The number of primary amides is 1. The lowest BCUT2D eigenvalue weighted by molar-refractivity contribution is -0.119. The molecule has 0 saturated heterocycles. The van der Waals surface area contributed by atoms with Gasteiger partial charge in [-0.15, -0.1) is 0 Å². The van der Waals surface area contributed by atoms with Crippen LogP contribution in [0.25, 0.3) is 0 Å². The van der Waals surface area contributed by atoms with Gasteiger partial charge in [0.25, 0.3) is 0 Å². The molecule has 1 aliphatic rings. The number of anilines is 1. The molecule has 0 heterocycles. The van der Waals surface area contributed by atoms with Gasteiger partial charge in [-0.25, -0.2) is 0 Å². The summed E-state index contributed by atoms with van der Waals surface area (Å²) in [5, 5.41) is 3.36. The fourth-order valence-corrected chi connectivity index (χ4v) is 3.17.